The van der Waals surface area contributed by atoms with E-state index in [0.29, 0.717) is 5.69 Å². The molecule has 0 aliphatic carbocycles. The van der Waals surface area contributed by atoms with Crippen molar-refractivity contribution in [2.75, 3.05) is 48.3 Å². The van der Waals surface area contributed by atoms with Crippen molar-refractivity contribution < 1.29 is 134 Å². The summed E-state index contributed by atoms with van der Waals surface area (Å²) in [7, 11) is 7.31. The normalized spacial score (nSPS) is 28.7. The molecule has 1 aromatic heterocycles. The molecule has 2 aliphatic rings. The second kappa shape index (κ2) is 23.6. The van der Waals surface area contributed by atoms with Crippen molar-refractivity contribution >= 4 is 37.3 Å². The predicted molar refractivity (Wildman–Crippen MR) is 150 cm³/mol. The van der Waals surface area contributed by atoms with Gasteiger partial charge in [-0.3, -0.25) is 13.9 Å². The average Bonchev–Trinajstić information content (AvgIpc) is 3.64. The summed E-state index contributed by atoms with van der Waals surface area (Å²) in [6.07, 6.45) is 2.95. The Bertz CT molecular complexity index is 1240. The first-order chi connectivity index (χ1) is 21.7. The van der Waals surface area contributed by atoms with Crippen molar-refractivity contribution in [1.82, 2.24) is 15.0 Å². The molecule has 0 bridgehead atoms. The minimum atomic E-state index is -4.57. The molecule has 3 heterocycles. The fourth-order valence-electron chi connectivity index (χ4n) is 4.15. The fraction of sp³-hybridized carbons (Fsp3) is 0.783. The third kappa shape index (κ3) is 15.4. The number of hydrogen-bond donors (Lipinski definition) is 0. The molecular weight excluding hydrogens is 704 g/mol. The van der Waals surface area contributed by atoms with Crippen LogP contribution in [0.25, 0.3) is 0 Å². The summed E-state index contributed by atoms with van der Waals surface area (Å²) in [6, 6.07) is -1.88. The molecule has 4 unspecified atom stereocenters. The Morgan fingerprint density at radius 2 is 1.46 bits per heavy atom. The molecule has 0 spiro atoms. The first-order valence-corrected chi connectivity index (χ1v) is 16.3. The molecule has 19 nitrogen and oxygen atoms in total. The molecule has 256 valence electrons. The van der Waals surface area contributed by atoms with Gasteiger partial charge in [-0.1, -0.05) is 11.6 Å². The van der Waals surface area contributed by atoms with Crippen LogP contribution in [0, 0.1) is 12.5 Å². The third-order valence-electron chi connectivity index (χ3n) is 6.11. The molecule has 48 heavy (non-hydrogen) atoms. The largest absolute Gasteiger partial charge is 1.00 e. The maximum atomic E-state index is 11.7. The molecule has 0 aromatic carbocycles. The number of hydrogen-bond acceptors (Lipinski definition) is 18. The van der Waals surface area contributed by atoms with Crippen LogP contribution in [0.2, 0.25) is 0 Å². The van der Waals surface area contributed by atoms with Crippen LogP contribution < -0.4 is 68.9 Å². The van der Waals surface area contributed by atoms with E-state index in [1.165, 1.54) is 25.1 Å². The van der Waals surface area contributed by atoms with Crippen molar-refractivity contribution in [3.05, 3.63) is 11.9 Å². The second-order valence-electron chi connectivity index (χ2n) is 9.28. The topological polar surface area (TPSA) is 230 Å². The Kier molecular flexibility index (Phi) is 23.7. The molecule has 25 heteroatoms. The molecule has 2 fully saturated rings. The van der Waals surface area contributed by atoms with Gasteiger partial charge in [-0.25, -0.2) is 4.68 Å². The smallest absolute Gasteiger partial charge is 0.756 e. The number of aromatic nitrogens is 3. The van der Waals surface area contributed by atoms with Gasteiger partial charge in [0.2, 0.25) is 0 Å². The van der Waals surface area contributed by atoms with Crippen LogP contribution in [0.15, 0.2) is 6.20 Å². The van der Waals surface area contributed by atoms with Gasteiger partial charge >= 0.3 is 65.1 Å². The van der Waals surface area contributed by atoms with Crippen LogP contribution in [0.1, 0.15) is 12.6 Å². The van der Waals surface area contributed by atoms with Gasteiger partial charge in [0.25, 0.3) is 15.6 Å². The van der Waals surface area contributed by atoms with E-state index in [1.54, 1.807) is 6.92 Å². The summed E-state index contributed by atoms with van der Waals surface area (Å²) in [5.74, 6) is -0.451. The monoisotopic (exact) mass is 739 g/mol. The molecule has 2 aliphatic heterocycles. The SMILES string of the molecule is [B][C@@H]1O[C@H](COC)[C@H](OP(=O)([O-])OC)C1OC#C.[B][C@@H]1O[C@H](COC)[C@H](OP(=O)([O-])OC)C1OCc1cn(CC(=O)OCC)nn1.[Na+].[Na+]. The molecule has 0 amide bonds. The van der Waals surface area contributed by atoms with E-state index >= 15 is 0 Å². The van der Waals surface area contributed by atoms with Crippen LogP contribution in [0.3, 0.4) is 0 Å². The van der Waals surface area contributed by atoms with E-state index in [9.17, 15) is 23.7 Å². The second-order valence-corrected chi connectivity index (χ2v) is 12.2. The minimum Gasteiger partial charge on any atom is -0.756 e. The number of methoxy groups -OCH3 is 2. The van der Waals surface area contributed by atoms with Crippen LogP contribution in [0.4, 0.5) is 0 Å². The maximum Gasteiger partial charge on any atom is 1.00 e. The first-order valence-electron chi connectivity index (χ1n) is 13.4. The Labute approximate surface area is 325 Å². The summed E-state index contributed by atoms with van der Waals surface area (Å²) in [5.41, 5.74) is 0.391. The van der Waals surface area contributed by atoms with Gasteiger partial charge in [-0.15, -0.1) is 5.10 Å². The number of carbonyl (C=O) groups is 1. The Morgan fingerprint density at radius 1 is 0.958 bits per heavy atom. The van der Waals surface area contributed by atoms with Crippen LogP contribution in [-0.2, 0) is 78.3 Å². The van der Waals surface area contributed by atoms with Gasteiger partial charge in [0, 0.05) is 34.4 Å². The Hall–Kier alpha value is 0.120. The van der Waals surface area contributed by atoms with E-state index in [4.69, 9.17) is 64.3 Å². The molecule has 10 atom stereocenters. The number of ether oxygens (including phenoxy) is 7. The van der Waals surface area contributed by atoms with Crippen LogP contribution >= 0.6 is 15.6 Å². The van der Waals surface area contributed by atoms with Gasteiger partial charge < -0.3 is 61.0 Å². The summed E-state index contributed by atoms with van der Waals surface area (Å²) in [5, 5.41) is 7.67. The summed E-state index contributed by atoms with van der Waals surface area (Å²) < 4.78 is 78.7. The number of phosphoric acid groups is 2. The number of terminal acetylenes is 1. The van der Waals surface area contributed by atoms with Gasteiger partial charge in [0.1, 0.15) is 64.6 Å². The zero-order chi connectivity index (χ0) is 34.5. The standard InChI is InChI=1S/C14H23BN3O9P.C9H14BO7P.2Na/c1-4-24-11(19)6-18-5-9(16-17-18)7-25-13-12(27-28(20,21)23-3)10(8-22-2)26-14(13)15;1-4-15-8-7(17-18(11,12)14-3)6(5-13-2)16-9(8)10;;/h5,10,12-14H,4,6-8H2,1-3H3,(H,20,21);1,6-9H,5H2,2-3H3,(H,11,12);;/q;;2*+1/p-2/t10-,12+,13?,14-;6-,7+,8?,9-;;/m11../s1. The fourth-order valence-corrected chi connectivity index (χ4v) is 5.43. The molecule has 3 rings (SSSR count). The summed E-state index contributed by atoms with van der Waals surface area (Å²) in [6.45, 7) is 1.91. The van der Waals surface area contributed by atoms with Gasteiger partial charge in [-0.2, -0.15) is 0 Å². The van der Waals surface area contributed by atoms with Gasteiger partial charge in [0.15, 0.2) is 6.10 Å². The molecule has 1 aromatic rings. The predicted octanol–water partition coefficient (Wildman–Crippen LogP) is -8.22. The molecule has 0 saturated carbocycles. The summed E-state index contributed by atoms with van der Waals surface area (Å²) in [4.78, 5) is 34.5. The number of esters is 1. The summed E-state index contributed by atoms with van der Waals surface area (Å²) >= 11 is 0. The number of phosphoric ester groups is 2. The zero-order valence-electron chi connectivity index (χ0n) is 27.7. The van der Waals surface area contributed by atoms with E-state index in [1.807, 2.05) is 6.11 Å². The van der Waals surface area contributed by atoms with Gasteiger partial charge in [-0.05, 0) is 6.92 Å². The van der Waals surface area contributed by atoms with Crippen molar-refractivity contribution in [3.63, 3.8) is 0 Å². The minimum absolute atomic E-state index is 0. The van der Waals surface area contributed by atoms with E-state index in [2.05, 4.69) is 19.4 Å². The molecular formula is C23H35B2N3Na2O16P2. The number of nitrogens with zero attached hydrogens (tertiary/aromatic N) is 3. The van der Waals surface area contributed by atoms with Crippen molar-refractivity contribution in [2.24, 2.45) is 0 Å². The molecule has 0 N–H and O–H groups in total. The molecule has 4 radical (unpaired) electrons. The van der Waals surface area contributed by atoms with Crippen molar-refractivity contribution in [2.45, 2.75) is 68.7 Å². The van der Waals surface area contributed by atoms with E-state index in [0.717, 1.165) is 14.2 Å². The average molecular weight is 739 g/mol. The number of carbonyl (C=O) groups excluding carboxylic acids is 1. The first kappa shape index (κ1) is 48.1. The van der Waals surface area contributed by atoms with Crippen LogP contribution in [0.5, 0.6) is 0 Å². The van der Waals surface area contributed by atoms with E-state index in [-0.39, 0.29) is 92.1 Å². The molecule has 2 saturated heterocycles. The Morgan fingerprint density at radius 3 is 1.92 bits per heavy atom. The quantitative estimate of drug-likeness (QED) is 0.0625. The van der Waals surface area contributed by atoms with Crippen molar-refractivity contribution in [3.8, 4) is 12.5 Å². The maximum absolute atomic E-state index is 11.7. The van der Waals surface area contributed by atoms with Crippen LogP contribution in [-0.4, -0.2) is 134 Å². The Balaban J connectivity index is 0.000000963. The van der Waals surface area contributed by atoms with E-state index < -0.39 is 70.2 Å². The van der Waals surface area contributed by atoms with Gasteiger partial charge in [0.05, 0.1) is 38.6 Å². The zero-order valence-corrected chi connectivity index (χ0v) is 33.5. The number of rotatable bonds is 17. The third-order valence-corrected chi connectivity index (χ3v) is 8.01. The van der Waals surface area contributed by atoms with Crippen molar-refractivity contribution in [1.29, 1.82) is 0 Å².